The smallest absolute Gasteiger partial charge is 0.282 e. The number of anilines is 1. The number of hydrogen-bond donors (Lipinski definition) is 1. The largest absolute Gasteiger partial charge is 0.399 e. The number of nitro groups is 1. The summed E-state index contributed by atoms with van der Waals surface area (Å²) in [7, 11) is 0. The van der Waals surface area contributed by atoms with E-state index in [9.17, 15) is 14.9 Å². The summed E-state index contributed by atoms with van der Waals surface area (Å²) in [4.78, 5) is 24.3. The van der Waals surface area contributed by atoms with Crippen molar-refractivity contribution in [3.05, 3.63) is 33.9 Å². The number of rotatable bonds is 2. The minimum atomic E-state index is -0.573. The molecule has 1 fully saturated rings. The zero-order valence-electron chi connectivity index (χ0n) is 10.5. The molecule has 1 amide bonds. The first-order chi connectivity index (χ1) is 8.99. The lowest BCUT2D eigenvalue weighted by Crippen LogP contribution is -2.44. The van der Waals surface area contributed by atoms with Crippen LogP contribution in [0.1, 0.15) is 17.3 Å². The van der Waals surface area contributed by atoms with Gasteiger partial charge in [0.15, 0.2) is 0 Å². The van der Waals surface area contributed by atoms with Gasteiger partial charge in [-0.3, -0.25) is 14.9 Å². The Hall–Kier alpha value is -2.15. The molecule has 19 heavy (non-hydrogen) atoms. The monoisotopic (exact) mass is 265 g/mol. The molecule has 1 aliphatic rings. The van der Waals surface area contributed by atoms with Gasteiger partial charge in [-0.2, -0.15) is 0 Å². The molecule has 0 spiro atoms. The predicted molar refractivity (Wildman–Crippen MR) is 68.8 cm³/mol. The van der Waals surface area contributed by atoms with Crippen molar-refractivity contribution in [1.29, 1.82) is 0 Å². The third kappa shape index (κ3) is 2.82. The number of nitrogens with zero attached hydrogens (tertiary/aromatic N) is 2. The SMILES string of the molecule is CC1CN(C(=O)c2cc(N)ccc2[N+](=O)[O-])CCO1. The molecule has 0 bridgehead atoms. The van der Waals surface area contributed by atoms with Crippen molar-refractivity contribution >= 4 is 17.3 Å². The van der Waals surface area contributed by atoms with Gasteiger partial charge >= 0.3 is 0 Å². The molecule has 2 N–H and O–H groups in total. The number of hydrogen-bond acceptors (Lipinski definition) is 5. The minimum absolute atomic E-state index is 0.0269. The van der Waals surface area contributed by atoms with Gasteiger partial charge in [0.1, 0.15) is 5.56 Å². The van der Waals surface area contributed by atoms with Gasteiger partial charge in [-0.25, -0.2) is 0 Å². The molecule has 7 nitrogen and oxygen atoms in total. The van der Waals surface area contributed by atoms with Gasteiger partial charge in [0.05, 0.1) is 17.6 Å². The van der Waals surface area contributed by atoms with Crippen molar-refractivity contribution in [2.24, 2.45) is 0 Å². The van der Waals surface area contributed by atoms with E-state index < -0.39 is 4.92 Å². The Labute approximate surface area is 110 Å². The highest BCUT2D eigenvalue weighted by Crippen LogP contribution is 2.23. The second kappa shape index (κ2) is 5.23. The van der Waals surface area contributed by atoms with Gasteiger partial charge in [0.25, 0.3) is 11.6 Å². The fourth-order valence-corrected chi connectivity index (χ4v) is 2.06. The molecule has 0 saturated carbocycles. The molecule has 1 saturated heterocycles. The van der Waals surface area contributed by atoms with Crippen LogP contribution in [-0.4, -0.2) is 41.5 Å². The summed E-state index contributed by atoms with van der Waals surface area (Å²) < 4.78 is 5.34. The Bertz CT molecular complexity index is 518. The first-order valence-corrected chi connectivity index (χ1v) is 5.94. The number of amides is 1. The van der Waals surface area contributed by atoms with Crippen molar-refractivity contribution in [2.45, 2.75) is 13.0 Å². The molecule has 102 valence electrons. The van der Waals surface area contributed by atoms with E-state index in [-0.39, 0.29) is 23.3 Å². The maximum Gasteiger partial charge on any atom is 0.282 e. The summed E-state index contributed by atoms with van der Waals surface area (Å²) >= 11 is 0. The number of carbonyl (C=O) groups excluding carboxylic acids is 1. The summed E-state index contributed by atoms with van der Waals surface area (Å²) in [5, 5.41) is 11.0. The number of benzene rings is 1. The highest BCUT2D eigenvalue weighted by atomic mass is 16.6. The lowest BCUT2D eigenvalue weighted by atomic mass is 10.1. The molecule has 1 unspecified atom stereocenters. The third-order valence-corrected chi connectivity index (χ3v) is 2.98. The molecule has 7 heteroatoms. The summed E-state index contributed by atoms with van der Waals surface area (Å²) in [5.41, 5.74) is 5.74. The van der Waals surface area contributed by atoms with Crippen molar-refractivity contribution in [1.82, 2.24) is 4.90 Å². The van der Waals surface area contributed by atoms with Crippen LogP contribution in [0.15, 0.2) is 18.2 Å². The lowest BCUT2D eigenvalue weighted by Gasteiger charge is -2.31. The van der Waals surface area contributed by atoms with Crippen molar-refractivity contribution < 1.29 is 14.5 Å². The molecule has 1 heterocycles. The van der Waals surface area contributed by atoms with Gasteiger partial charge in [0, 0.05) is 24.8 Å². The summed E-state index contributed by atoms with van der Waals surface area (Å²) in [6.45, 7) is 3.14. The fraction of sp³-hybridized carbons (Fsp3) is 0.417. The van der Waals surface area contributed by atoms with Gasteiger partial charge in [-0.15, -0.1) is 0 Å². The Balaban J connectivity index is 2.32. The molecule has 1 aromatic carbocycles. The molecule has 0 radical (unpaired) electrons. The van der Waals surface area contributed by atoms with Crippen LogP contribution in [0.3, 0.4) is 0 Å². The number of nitrogen functional groups attached to an aromatic ring is 1. The standard InChI is InChI=1S/C12H15N3O4/c1-8-7-14(4-5-19-8)12(16)10-6-9(13)2-3-11(10)15(17)18/h2-3,6,8H,4-5,7,13H2,1H3. The van der Waals surface area contributed by atoms with Crippen molar-refractivity contribution in [3.63, 3.8) is 0 Å². The molecular formula is C12H15N3O4. The first kappa shape index (κ1) is 13.3. The summed E-state index contributed by atoms with van der Waals surface area (Å²) in [6.07, 6.45) is -0.0715. The van der Waals surface area contributed by atoms with Gasteiger partial charge in [-0.05, 0) is 19.1 Å². The molecule has 1 aliphatic heterocycles. The normalized spacial score (nSPS) is 19.2. The van der Waals surface area contributed by atoms with Crippen LogP contribution in [0.25, 0.3) is 0 Å². The Morgan fingerprint density at radius 2 is 2.32 bits per heavy atom. The lowest BCUT2D eigenvalue weighted by molar-refractivity contribution is -0.385. The Kier molecular flexibility index (Phi) is 3.66. The molecule has 0 aromatic heterocycles. The van der Waals surface area contributed by atoms with E-state index in [0.29, 0.717) is 25.4 Å². The maximum absolute atomic E-state index is 12.3. The molecule has 1 atom stereocenters. The Morgan fingerprint density at radius 3 is 2.95 bits per heavy atom. The molecule has 0 aliphatic carbocycles. The minimum Gasteiger partial charge on any atom is -0.399 e. The second-order valence-corrected chi connectivity index (χ2v) is 4.47. The van der Waals surface area contributed by atoms with Crippen LogP contribution in [0.4, 0.5) is 11.4 Å². The zero-order chi connectivity index (χ0) is 14.0. The summed E-state index contributed by atoms with van der Waals surface area (Å²) in [6, 6.07) is 4.02. The molecular weight excluding hydrogens is 250 g/mol. The van der Waals surface area contributed by atoms with Gasteiger partial charge in [0.2, 0.25) is 0 Å². The number of carbonyl (C=O) groups is 1. The van der Waals surface area contributed by atoms with E-state index in [1.54, 1.807) is 4.90 Å². The zero-order valence-corrected chi connectivity index (χ0v) is 10.5. The molecule has 1 aromatic rings. The predicted octanol–water partition coefficient (Wildman–Crippen LogP) is 1.04. The number of ether oxygens (including phenoxy) is 1. The van der Waals surface area contributed by atoms with Crippen LogP contribution < -0.4 is 5.73 Å². The quantitative estimate of drug-likeness (QED) is 0.489. The highest BCUT2D eigenvalue weighted by molar-refractivity contribution is 5.99. The molecule has 2 rings (SSSR count). The van der Waals surface area contributed by atoms with E-state index in [1.165, 1.54) is 18.2 Å². The van der Waals surface area contributed by atoms with Crippen molar-refractivity contribution in [3.8, 4) is 0 Å². The van der Waals surface area contributed by atoms with Crippen molar-refractivity contribution in [2.75, 3.05) is 25.4 Å². The van der Waals surface area contributed by atoms with Gasteiger partial charge in [-0.1, -0.05) is 0 Å². The van der Waals surface area contributed by atoms with Crippen LogP contribution in [0.5, 0.6) is 0 Å². The average Bonchev–Trinajstić information content (AvgIpc) is 2.37. The highest BCUT2D eigenvalue weighted by Gasteiger charge is 2.28. The third-order valence-electron chi connectivity index (χ3n) is 2.98. The van der Waals surface area contributed by atoms with E-state index in [4.69, 9.17) is 10.5 Å². The van der Waals surface area contributed by atoms with Crippen LogP contribution in [-0.2, 0) is 4.74 Å². The van der Waals surface area contributed by atoms with Crippen LogP contribution in [0.2, 0.25) is 0 Å². The Morgan fingerprint density at radius 1 is 1.58 bits per heavy atom. The van der Waals surface area contributed by atoms with Crippen LogP contribution >= 0.6 is 0 Å². The average molecular weight is 265 g/mol. The van der Waals surface area contributed by atoms with E-state index in [2.05, 4.69) is 0 Å². The van der Waals surface area contributed by atoms with E-state index in [1.807, 2.05) is 6.92 Å². The second-order valence-electron chi connectivity index (χ2n) is 4.47. The maximum atomic E-state index is 12.3. The summed E-state index contributed by atoms with van der Waals surface area (Å²) in [5.74, 6) is -0.380. The topological polar surface area (TPSA) is 98.7 Å². The number of nitrogens with two attached hydrogens (primary N) is 1. The first-order valence-electron chi connectivity index (χ1n) is 5.94. The fourth-order valence-electron chi connectivity index (χ4n) is 2.06. The van der Waals surface area contributed by atoms with Crippen LogP contribution in [0, 0.1) is 10.1 Å². The van der Waals surface area contributed by atoms with E-state index >= 15 is 0 Å². The van der Waals surface area contributed by atoms with Gasteiger partial charge < -0.3 is 15.4 Å². The number of morpholine rings is 1. The number of nitro benzene ring substituents is 1. The van der Waals surface area contributed by atoms with E-state index in [0.717, 1.165) is 0 Å².